The number of hydrogen-bond acceptors (Lipinski definition) is 3. The van der Waals surface area contributed by atoms with Gasteiger partial charge in [0.15, 0.2) is 0 Å². The Morgan fingerprint density at radius 3 is 2.35 bits per heavy atom. The molecule has 2 N–H and O–H groups in total. The molecule has 0 spiro atoms. The second kappa shape index (κ2) is 8.44. The smallest absolute Gasteiger partial charge is 0.232 e. The average Bonchev–Trinajstić information content (AvgIpc) is 2.33. The van der Waals surface area contributed by atoms with Gasteiger partial charge in [0.25, 0.3) is 0 Å². The molecule has 0 radical (unpaired) electrons. The van der Waals surface area contributed by atoms with Gasteiger partial charge in [0.1, 0.15) is 0 Å². The Morgan fingerprint density at radius 2 is 1.80 bits per heavy atom. The molecule has 0 atom stereocenters. The minimum atomic E-state index is -3.45. The summed E-state index contributed by atoms with van der Waals surface area (Å²) in [6, 6.07) is 3.18. The molecule has 0 bridgehead atoms. The van der Waals surface area contributed by atoms with E-state index >= 15 is 0 Å². The molecule has 0 heterocycles. The van der Waals surface area contributed by atoms with Crippen LogP contribution in [-0.4, -0.2) is 27.3 Å². The van der Waals surface area contributed by atoms with Crippen LogP contribution in [0, 0.1) is 0 Å². The molecule has 1 rings (SSSR count). The molecule has 0 aliphatic carbocycles. The van der Waals surface area contributed by atoms with E-state index in [4.69, 9.17) is 23.2 Å². The third-order valence-corrected chi connectivity index (χ3v) is 4.85. The van der Waals surface area contributed by atoms with E-state index in [9.17, 15) is 8.42 Å². The quantitative estimate of drug-likeness (QED) is 0.647. The Labute approximate surface area is 138 Å². The molecule has 0 aromatic heterocycles. The maximum Gasteiger partial charge on any atom is 0.232 e. The van der Waals surface area contributed by atoms with Crippen LogP contribution in [0.25, 0.3) is 0 Å². The molecule has 4 nitrogen and oxygen atoms in total. The second-order valence-electron chi connectivity index (χ2n) is 4.27. The molecule has 0 fully saturated rings. The second-order valence-corrected chi connectivity index (χ2v) is 7.84. The summed E-state index contributed by atoms with van der Waals surface area (Å²) in [5, 5.41) is 3.67. The van der Waals surface area contributed by atoms with Gasteiger partial charge in [-0.1, -0.05) is 46.1 Å². The van der Waals surface area contributed by atoms with E-state index in [2.05, 4.69) is 32.9 Å². The number of benzene rings is 1. The van der Waals surface area contributed by atoms with Crippen LogP contribution >= 0.6 is 39.1 Å². The lowest BCUT2D eigenvalue weighted by Gasteiger charge is -2.12. The monoisotopic (exact) mass is 402 g/mol. The first kappa shape index (κ1) is 18.0. The highest BCUT2D eigenvalue weighted by atomic mass is 79.9. The Hall–Kier alpha value is -0.0100. The minimum Gasteiger partial charge on any atom is -0.317 e. The molecular weight excluding hydrogens is 387 g/mol. The molecule has 8 heteroatoms. The topological polar surface area (TPSA) is 58.2 Å². The van der Waals surface area contributed by atoms with Crippen LogP contribution in [0.2, 0.25) is 10.0 Å². The fraction of sp³-hybridized carbons (Fsp3) is 0.500. The molecule has 0 amide bonds. The van der Waals surface area contributed by atoms with Gasteiger partial charge in [-0.2, -0.15) is 0 Å². The number of hydrogen-bond donors (Lipinski definition) is 2. The van der Waals surface area contributed by atoms with Crippen molar-refractivity contribution in [3.8, 4) is 0 Å². The van der Waals surface area contributed by atoms with E-state index in [0.717, 1.165) is 13.0 Å². The van der Waals surface area contributed by atoms with Crippen LogP contribution < -0.4 is 10.0 Å². The fourth-order valence-electron chi connectivity index (χ4n) is 1.54. The lowest BCUT2D eigenvalue weighted by molar-refractivity contribution is 0.593. The van der Waals surface area contributed by atoms with E-state index in [1.807, 2.05) is 0 Å². The van der Waals surface area contributed by atoms with Gasteiger partial charge in [-0.15, -0.1) is 0 Å². The lowest BCUT2D eigenvalue weighted by atomic mass is 10.3. The van der Waals surface area contributed by atoms with Gasteiger partial charge in [0.2, 0.25) is 10.0 Å². The van der Waals surface area contributed by atoms with Crippen LogP contribution in [-0.2, 0) is 10.0 Å². The summed E-state index contributed by atoms with van der Waals surface area (Å²) < 4.78 is 27.0. The molecule has 20 heavy (non-hydrogen) atoms. The van der Waals surface area contributed by atoms with E-state index in [1.165, 1.54) is 0 Å². The van der Waals surface area contributed by atoms with Crippen molar-refractivity contribution < 1.29 is 8.42 Å². The van der Waals surface area contributed by atoms with Gasteiger partial charge in [-0.3, -0.25) is 4.72 Å². The zero-order chi connectivity index (χ0) is 15.2. The zero-order valence-electron chi connectivity index (χ0n) is 11.0. The summed E-state index contributed by atoms with van der Waals surface area (Å²) in [5.41, 5.74) is 0.220. The summed E-state index contributed by atoms with van der Waals surface area (Å²) >= 11 is 15.2. The van der Waals surface area contributed by atoms with E-state index < -0.39 is 10.0 Å². The third-order valence-electron chi connectivity index (χ3n) is 2.46. The zero-order valence-corrected chi connectivity index (χ0v) is 15.0. The van der Waals surface area contributed by atoms with E-state index in [0.29, 0.717) is 17.4 Å². The Bertz CT molecular complexity index is 529. The van der Waals surface area contributed by atoms with Crippen molar-refractivity contribution in [2.24, 2.45) is 0 Å². The number of nitrogens with one attached hydrogen (secondary N) is 2. The summed E-state index contributed by atoms with van der Waals surface area (Å²) in [5.74, 6) is 0.0203. The van der Waals surface area contributed by atoms with Gasteiger partial charge in [-0.25, -0.2) is 8.42 Å². The van der Waals surface area contributed by atoms with Crippen molar-refractivity contribution >= 4 is 54.8 Å². The van der Waals surface area contributed by atoms with Crippen LogP contribution in [0.5, 0.6) is 0 Å². The third kappa shape index (κ3) is 6.18. The van der Waals surface area contributed by atoms with Crippen LogP contribution in [0.3, 0.4) is 0 Å². The maximum absolute atomic E-state index is 12.0. The number of sulfonamides is 1. The first-order valence-electron chi connectivity index (χ1n) is 6.21. The first-order valence-corrected chi connectivity index (χ1v) is 9.41. The lowest BCUT2D eigenvalue weighted by Crippen LogP contribution is -2.22. The highest BCUT2D eigenvalue weighted by Gasteiger charge is 2.15. The summed E-state index contributed by atoms with van der Waals surface area (Å²) in [6.07, 6.45) is 1.55. The Kier molecular flexibility index (Phi) is 7.61. The molecule has 114 valence electrons. The molecule has 0 unspecified atom stereocenters. The molecular formula is C12H17BrCl2N2O2S. The SMILES string of the molecule is CCCNCCCS(=O)(=O)Nc1c(Cl)cc(Br)cc1Cl. The average molecular weight is 404 g/mol. The number of anilines is 1. The fourth-order valence-corrected chi connectivity index (χ4v) is 4.11. The predicted molar refractivity (Wildman–Crippen MR) is 89.3 cm³/mol. The molecule has 0 aliphatic heterocycles. The van der Waals surface area contributed by atoms with Crippen molar-refractivity contribution in [2.45, 2.75) is 19.8 Å². The Balaban J connectivity index is 2.63. The molecule has 0 saturated heterocycles. The van der Waals surface area contributed by atoms with Crippen LogP contribution in [0.1, 0.15) is 19.8 Å². The standard InChI is InChI=1S/C12H17BrCl2N2O2S/c1-2-4-16-5-3-6-20(18,19)17-12-10(14)7-9(13)8-11(12)15/h7-8,16-17H,2-6H2,1H3. The molecule has 1 aromatic carbocycles. The van der Waals surface area contributed by atoms with Gasteiger partial charge in [-0.05, 0) is 38.1 Å². The van der Waals surface area contributed by atoms with Crippen molar-refractivity contribution in [3.05, 3.63) is 26.7 Å². The van der Waals surface area contributed by atoms with E-state index in [-0.39, 0.29) is 21.5 Å². The van der Waals surface area contributed by atoms with Crippen molar-refractivity contribution in [1.29, 1.82) is 0 Å². The van der Waals surface area contributed by atoms with Gasteiger partial charge >= 0.3 is 0 Å². The number of rotatable bonds is 8. The van der Waals surface area contributed by atoms with Crippen molar-refractivity contribution in [2.75, 3.05) is 23.6 Å². The molecule has 0 aliphatic rings. The maximum atomic E-state index is 12.0. The Morgan fingerprint density at radius 1 is 1.20 bits per heavy atom. The first-order chi connectivity index (χ1) is 9.35. The highest BCUT2D eigenvalue weighted by molar-refractivity contribution is 9.10. The largest absolute Gasteiger partial charge is 0.317 e. The predicted octanol–water partition coefficient (Wildman–Crippen LogP) is 3.89. The van der Waals surface area contributed by atoms with Crippen LogP contribution in [0.15, 0.2) is 16.6 Å². The van der Waals surface area contributed by atoms with E-state index in [1.54, 1.807) is 12.1 Å². The van der Waals surface area contributed by atoms with Gasteiger partial charge < -0.3 is 5.32 Å². The van der Waals surface area contributed by atoms with Gasteiger partial charge in [0, 0.05) is 4.47 Å². The van der Waals surface area contributed by atoms with Crippen molar-refractivity contribution in [3.63, 3.8) is 0 Å². The summed E-state index contributed by atoms with van der Waals surface area (Å²) in [6.45, 7) is 3.61. The molecule has 0 saturated carbocycles. The highest BCUT2D eigenvalue weighted by Crippen LogP contribution is 2.34. The number of halogens is 3. The van der Waals surface area contributed by atoms with Crippen LogP contribution in [0.4, 0.5) is 5.69 Å². The normalized spacial score (nSPS) is 11.6. The summed E-state index contributed by atoms with van der Waals surface area (Å²) in [7, 11) is -3.45. The van der Waals surface area contributed by atoms with Crippen molar-refractivity contribution in [1.82, 2.24) is 5.32 Å². The minimum absolute atomic E-state index is 0.0203. The van der Waals surface area contributed by atoms with Gasteiger partial charge in [0.05, 0.1) is 21.5 Å². The molecule has 1 aromatic rings. The summed E-state index contributed by atoms with van der Waals surface area (Å²) in [4.78, 5) is 0.